The van der Waals surface area contributed by atoms with E-state index in [1.165, 1.54) is 4.57 Å². The highest BCUT2D eigenvalue weighted by Crippen LogP contribution is 2.29. The van der Waals surface area contributed by atoms with Gasteiger partial charge in [0, 0.05) is 31.4 Å². The van der Waals surface area contributed by atoms with Gasteiger partial charge in [-0.25, -0.2) is 0 Å². The molecule has 0 aliphatic rings. The number of fused-ring (bicyclic) bond motifs is 1. The summed E-state index contributed by atoms with van der Waals surface area (Å²) in [5.41, 5.74) is 4.21. The van der Waals surface area contributed by atoms with Crippen LogP contribution in [0.25, 0.3) is 10.9 Å². The summed E-state index contributed by atoms with van der Waals surface area (Å²) >= 11 is 0. The highest BCUT2D eigenvalue weighted by molar-refractivity contribution is 6.03. The van der Waals surface area contributed by atoms with E-state index in [0.717, 1.165) is 22.3 Å². The highest BCUT2D eigenvalue weighted by atomic mass is 16.3. The molecular formula is C28H28N2O3. The van der Waals surface area contributed by atoms with E-state index in [-0.39, 0.29) is 29.6 Å². The maximum absolute atomic E-state index is 13.5. The molecule has 0 aliphatic carbocycles. The zero-order valence-electron chi connectivity index (χ0n) is 19.1. The summed E-state index contributed by atoms with van der Waals surface area (Å²) in [6.45, 7) is 4.61. The number of nitrogens with one attached hydrogen (secondary N) is 1. The molecule has 4 rings (SSSR count). The van der Waals surface area contributed by atoms with Crippen molar-refractivity contribution < 1.29 is 9.90 Å². The van der Waals surface area contributed by atoms with Crippen LogP contribution in [0.15, 0.2) is 77.6 Å². The number of Topliss-reactive ketones (excluding diaryl/α,β-unsaturated/α-hetero) is 1. The van der Waals surface area contributed by atoms with E-state index >= 15 is 0 Å². The van der Waals surface area contributed by atoms with E-state index in [1.807, 2.05) is 56.3 Å². The molecule has 5 nitrogen and oxygen atoms in total. The van der Waals surface area contributed by atoms with Crippen molar-refractivity contribution in [2.75, 3.05) is 0 Å². The Morgan fingerprint density at radius 2 is 1.70 bits per heavy atom. The standard InChI is InChI=1S/C28H28N2O3/c1-18-13-14-19(2)22(15-18)23(29-17-20-9-5-4-6-10-20)16-25(31)26-27(32)21-11-7-8-12-24(21)30(3)28(26)33/h4-15,23,29,32H,16-17H2,1-3H3. The maximum atomic E-state index is 13.5. The highest BCUT2D eigenvalue weighted by Gasteiger charge is 2.25. The Morgan fingerprint density at radius 3 is 2.45 bits per heavy atom. The van der Waals surface area contributed by atoms with Crippen molar-refractivity contribution in [1.82, 2.24) is 9.88 Å². The Morgan fingerprint density at radius 1 is 1.00 bits per heavy atom. The lowest BCUT2D eigenvalue weighted by atomic mass is 9.93. The normalized spacial score (nSPS) is 12.1. The van der Waals surface area contributed by atoms with E-state index in [4.69, 9.17) is 0 Å². The van der Waals surface area contributed by atoms with Gasteiger partial charge in [-0.1, -0.05) is 66.2 Å². The van der Waals surface area contributed by atoms with Gasteiger partial charge in [-0.15, -0.1) is 0 Å². The van der Waals surface area contributed by atoms with Gasteiger partial charge >= 0.3 is 0 Å². The molecule has 1 unspecified atom stereocenters. The number of hydrogen-bond donors (Lipinski definition) is 2. The average molecular weight is 441 g/mol. The van der Waals surface area contributed by atoms with Crippen LogP contribution >= 0.6 is 0 Å². The molecule has 168 valence electrons. The first kappa shape index (κ1) is 22.5. The number of ketones is 1. The average Bonchev–Trinajstić information content (AvgIpc) is 2.82. The Balaban J connectivity index is 1.72. The van der Waals surface area contributed by atoms with Gasteiger partial charge in [-0.2, -0.15) is 0 Å². The van der Waals surface area contributed by atoms with Gasteiger partial charge in [0.25, 0.3) is 5.56 Å². The van der Waals surface area contributed by atoms with Gasteiger partial charge in [0.15, 0.2) is 5.78 Å². The first-order valence-electron chi connectivity index (χ1n) is 11.0. The lowest BCUT2D eigenvalue weighted by Gasteiger charge is -2.22. The zero-order valence-corrected chi connectivity index (χ0v) is 19.1. The van der Waals surface area contributed by atoms with Crippen LogP contribution in [0.5, 0.6) is 5.75 Å². The molecule has 0 fully saturated rings. The van der Waals surface area contributed by atoms with Crippen molar-refractivity contribution in [3.8, 4) is 5.75 Å². The number of rotatable bonds is 7. The molecule has 0 saturated heterocycles. The van der Waals surface area contributed by atoms with E-state index in [9.17, 15) is 14.7 Å². The van der Waals surface area contributed by atoms with Crippen LogP contribution < -0.4 is 10.9 Å². The van der Waals surface area contributed by atoms with Gasteiger partial charge < -0.3 is 15.0 Å². The van der Waals surface area contributed by atoms with Gasteiger partial charge in [0.1, 0.15) is 11.3 Å². The Bertz CT molecular complexity index is 1370. The number of hydrogen-bond acceptors (Lipinski definition) is 4. The van der Waals surface area contributed by atoms with E-state index in [1.54, 1.807) is 31.3 Å². The third-order valence-corrected chi connectivity index (χ3v) is 6.15. The number of aryl methyl sites for hydroxylation is 3. The first-order chi connectivity index (χ1) is 15.9. The summed E-state index contributed by atoms with van der Waals surface area (Å²) in [5, 5.41) is 14.9. The van der Waals surface area contributed by atoms with Gasteiger partial charge in [0.2, 0.25) is 0 Å². The minimum absolute atomic E-state index is 0.0538. The second kappa shape index (κ2) is 9.43. The zero-order chi connectivity index (χ0) is 23.5. The van der Waals surface area contributed by atoms with Crippen LogP contribution in [0, 0.1) is 13.8 Å². The predicted octanol–water partition coefficient (Wildman–Crippen LogP) is 4.96. The van der Waals surface area contributed by atoms with E-state index in [2.05, 4.69) is 11.4 Å². The quantitative estimate of drug-likeness (QED) is 0.398. The molecule has 0 aliphatic heterocycles. The summed E-state index contributed by atoms with van der Waals surface area (Å²) < 4.78 is 1.42. The number of carbonyl (C=O) groups is 1. The van der Waals surface area contributed by atoms with Crippen molar-refractivity contribution >= 4 is 16.7 Å². The molecule has 4 aromatic rings. The first-order valence-corrected chi connectivity index (χ1v) is 11.0. The van der Waals surface area contributed by atoms with Gasteiger partial charge in [0.05, 0.1) is 5.52 Å². The van der Waals surface area contributed by atoms with Crippen molar-refractivity contribution in [2.24, 2.45) is 7.05 Å². The fourth-order valence-corrected chi connectivity index (χ4v) is 4.28. The SMILES string of the molecule is Cc1ccc(C)c(C(CC(=O)c2c(O)c3ccccc3n(C)c2=O)NCc2ccccc2)c1. The molecule has 2 N–H and O–H groups in total. The summed E-state index contributed by atoms with van der Waals surface area (Å²) in [4.78, 5) is 26.5. The molecule has 0 amide bonds. The minimum Gasteiger partial charge on any atom is -0.506 e. The molecule has 0 saturated carbocycles. The van der Waals surface area contributed by atoms with Crippen molar-refractivity contribution in [3.05, 3.63) is 111 Å². The molecule has 1 heterocycles. The number of para-hydroxylation sites is 1. The summed E-state index contributed by atoms with van der Waals surface area (Å²) in [5.74, 6) is -0.633. The van der Waals surface area contributed by atoms with Gasteiger partial charge in [-0.05, 0) is 42.7 Å². The Labute approximate surface area is 193 Å². The molecule has 1 atom stereocenters. The maximum Gasteiger partial charge on any atom is 0.265 e. The van der Waals surface area contributed by atoms with Crippen LogP contribution in [0.1, 0.15) is 45.1 Å². The third kappa shape index (κ3) is 4.59. The molecule has 3 aromatic carbocycles. The molecule has 5 heteroatoms. The molecule has 0 radical (unpaired) electrons. The topological polar surface area (TPSA) is 71.3 Å². The fraction of sp³-hybridized carbons (Fsp3) is 0.214. The number of aromatic nitrogens is 1. The summed E-state index contributed by atoms with van der Waals surface area (Å²) in [7, 11) is 1.62. The lowest BCUT2D eigenvalue weighted by molar-refractivity contribution is 0.0963. The largest absolute Gasteiger partial charge is 0.506 e. The lowest BCUT2D eigenvalue weighted by Crippen LogP contribution is -2.29. The molecule has 0 spiro atoms. The number of pyridine rings is 1. The smallest absolute Gasteiger partial charge is 0.265 e. The third-order valence-electron chi connectivity index (χ3n) is 6.15. The van der Waals surface area contributed by atoms with Crippen LogP contribution in [-0.4, -0.2) is 15.5 Å². The van der Waals surface area contributed by atoms with E-state index in [0.29, 0.717) is 17.4 Å². The predicted molar refractivity (Wildman–Crippen MR) is 132 cm³/mol. The number of aromatic hydroxyl groups is 1. The van der Waals surface area contributed by atoms with Crippen LogP contribution in [0.2, 0.25) is 0 Å². The van der Waals surface area contributed by atoms with E-state index < -0.39 is 5.56 Å². The molecule has 0 bridgehead atoms. The van der Waals surface area contributed by atoms with Crippen LogP contribution in [0.3, 0.4) is 0 Å². The number of carbonyl (C=O) groups excluding carboxylic acids is 1. The molecule has 1 aromatic heterocycles. The number of nitrogens with zero attached hydrogens (tertiary/aromatic N) is 1. The Hall–Kier alpha value is -3.70. The van der Waals surface area contributed by atoms with Crippen molar-refractivity contribution in [3.63, 3.8) is 0 Å². The second-order valence-corrected chi connectivity index (χ2v) is 8.51. The molecular weight excluding hydrogens is 412 g/mol. The van der Waals surface area contributed by atoms with Gasteiger partial charge in [-0.3, -0.25) is 9.59 Å². The van der Waals surface area contributed by atoms with Crippen LogP contribution in [0.4, 0.5) is 0 Å². The minimum atomic E-state index is -0.487. The van der Waals surface area contributed by atoms with Crippen molar-refractivity contribution in [1.29, 1.82) is 0 Å². The van der Waals surface area contributed by atoms with Crippen molar-refractivity contribution in [2.45, 2.75) is 32.9 Å². The summed E-state index contributed by atoms with van der Waals surface area (Å²) in [6.07, 6.45) is 0.0538. The fourth-order valence-electron chi connectivity index (χ4n) is 4.28. The Kier molecular flexibility index (Phi) is 6.43. The number of benzene rings is 3. The summed E-state index contributed by atoms with van der Waals surface area (Å²) in [6, 6.07) is 22.9. The van der Waals surface area contributed by atoms with Crippen LogP contribution in [-0.2, 0) is 13.6 Å². The monoisotopic (exact) mass is 440 g/mol. The molecule has 33 heavy (non-hydrogen) atoms. The second-order valence-electron chi connectivity index (χ2n) is 8.51.